The monoisotopic (exact) mass is 317 g/mol. The van der Waals surface area contributed by atoms with Crippen molar-refractivity contribution in [1.82, 2.24) is 5.32 Å². The van der Waals surface area contributed by atoms with Crippen molar-refractivity contribution in [3.05, 3.63) is 70.2 Å². The number of hydrogen-bond acceptors (Lipinski definition) is 3. The van der Waals surface area contributed by atoms with Crippen molar-refractivity contribution in [1.29, 1.82) is 0 Å². The van der Waals surface area contributed by atoms with Gasteiger partial charge in [-0.15, -0.1) is 0 Å². The van der Waals surface area contributed by atoms with Crippen molar-refractivity contribution in [2.24, 2.45) is 0 Å². The summed E-state index contributed by atoms with van der Waals surface area (Å²) in [6.07, 6.45) is 0. The molecule has 0 aliphatic heterocycles. The molecule has 0 bridgehead atoms. The standard InChI is InChI=1S/C17H16ClNO3/c1-12-5-7-14(8-6-12)17(21)19-10-16(20)22-11-13-3-2-4-15(18)9-13/h2-9H,10-11H2,1H3,(H,19,21). The molecule has 1 amide bonds. The first-order valence-electron chi connectivity index (χ1n) is 6.79. The number of carbonyl (C=O) groups is 2. The van der Waals surface area contributed by atoms with Crippen LogP contribution >= 0.6 is 11.6 Å². The van der Waals surface area contributed by atoms with Gasteiger partial charge in [0.05, 0.1) is 0 Å². The molecule has 2 aromatic rings. The van der Waals surface area contributed by atoms with E-state index in [1.165, 1.54) is 0 Å². The van der Waals surface area contributed by atoms with E-state index in [-0.39, 0.29) is 19.1 Å². The molecule has 2 aromatic carbocycles. The minimum absolute atomic E-state index is 0.125. The van der Waals surface area contributed by atoms with E-state index in [1.54, 1.807) is 30.3 Å². The lowest BCUT2D eigenvalue weighted by Gasteiger charge is -2.07. The van der Waals surface area contributed by atoms with E-state index in [4.69, 9.17) is 16.3 Å². The summed E-state index contributed by atoms with van der Waals surface area (Å²) in [5, 5.41) is 3.11. The highest BCUT2D eigenvalue weighted by Gasteiger charge is 2.09. The van der Waals surface area contributed by atoms with E-state index < -0.39 is 5.97 Å². The highest BCUT2D eigenvalue weighted by Crippen LogP contribution is 2.11. The van der Waals surface area contributed by atoms with Gasteiger partial charge in [0.1, 0.15) is 13.2 Å². The van der Waals surface area contributed by atoms with Gasteiger partial charge in [0.25, 0.3) is 5.91 Å². The van der Waals surface area contributed by atoms with E-state index >= 15 is 0 Å². The Morgan fingerprint density at radius 1 is 1.14 bits per heavy atom. The van der Waals surface area contributed by atoms with Crippen molar-refractivity contribution in [3.8, 4) is 0 Å². The third-order valence-corrected chi connectivity index (χ3v) is 3.23. The Morgan fingerprint density at radius 2 is 1.86 bits per heavy atom. The molecule has 1 N–H and O–H groups in total. The molecule has 0 spiro atoms. The van der Waals surface area contributed by atoms with Gasteiger partial charge in [-0.05, 0) is 36.8 Å². The molecule has 0 aliphatic rings. The van der Waals surface area contributed by atoms with Gasteiger partial charge in [-0.1, -0.05) is 41.4 Å². The zero-order valence-corrected chi connectivity index (χ0v) is 12.9. The summed E-state index contributed by atoms with van der Waals surface area (Å²) < 4.78 is 5.08. The average molecular weight is 318 g/mol. The molecule has 0 radical (unpaired) electrons. The Balaban J connectivity index is 1.78. The van der Waals surface area contributed by atoms with Crippen LogP contribution in [-0.2, 0) is 16.1 Å². The molecule has 0 atom stereocenters. The number of esters is 1. The molecule has 0 heterocycles. The maximum atomic E-state index is 11.8. The Morgan fingerprint density at radius 3 is 2.55 bits per heavy atom. The van der Waals surface area contributed by atoms with Crippen molar-refractivity contribution in [2.75, 3.05) is 6.54 Å². The Bertz CT molecular complexity index is 668. The molecule has 5 heteroatoms. The zero-order valence-electron chi connectivity index (χ0n) is 12.1. The van der Waals surface area contributed by atoms with Crippen molar-refractivity contribution in [2.45, 2.75) is 13.5 Å². The number of ether oxygens (including phenoxy) is 1. The highest BCUT2D eigenvalue weighted by molar-refractivity contribution is 6.30. The lowest BCUT2D eigenvalue weighted by Crippen LogP contribution is -2.30. The fraction of sp³-hybridized carbons (Fsp3) is 0.176. The van der Waals surface area contributed by atoms with E-state index in [1.807, 2.05) is 25.1 Å². The van der Waals surface area contributed by atoms with Crippen LogP contribution in [0.1, 0.15) is 21.5 Å². The fourth-order valence-corrected chi connectivity index (χ4v) is 2.01. The lowest BCUT2D eigenvalue weighted by molar-refractivity contribution is -0.143. The number of nitrogens with one attached hydrogen (secondary N) is 1. The summed E-state index contributed by atoms with van der Waals surface area (Å²) in [4.78, 5) is 23.5. The molecular weight excluding hydrogens is 302 g/mol. The molecule has 0 saturated carbocycles. The minimum atomic E-state index is -0.500. The number of hydrogen-bond donors (Lipinski definition) is 1. The number of rotatable bonds is 5. The fourth-order valence-electron chi connectivity index (χ4n) is 1.80. The summed E-state index contributed by atoms with van der Waals surface area (Å²) in [6.45, 7) is 1.89. The van der Waals surface area contributed by atoms with Gasteiger partial charge < -0.3 is 10.1 Å². The van der Waals surface area contributed by atoms with Gasteiger partial charge >= 0.3 is 5.97 Å². The third kappa shape index (κ3) is 4.90. The summed E-state index contributed by atoms with van der Waals surface area (Å²) in [5.74, 6) is -0.805. The van der Waals surface area contributed by atoms with E-state index in [0.717, 1.165) is 11.1 Å². The summed E-state index contributed by atoms with van der Waals surface area (Å²) in [5.41, 5.74) is 2.37. The van der Waals surface area contributed by atoms with Crippen molar-refractivity contribution >= 4 is 23.5 Å². The molecule has 2 rings (SSSR count). The second-order valence-electron chi connectivity index (χ2n) is 4.84. The number of halogens is 1. The quantitative estimate of drug-likeness (QED) is 0.862. The average Bonchev–Trinajstić information content (AvgIpc) is 2.51. The molecule has 0 saturated heterocycles. The van der Waals surface area contributed by atoms with Crippen LogP contribution in [0.2, 0.25) is 5.02 Å². The Kier molecular flexibility index (Phi) is 5.55. The minimum Gasteiger partial charge on any atom is -0.460 e. The van der Waals surface area contributed by atoms with Crippen LogP contribution in [0, 0.1) is 6.92 Å². The van der Waals surface area contributed by atoms with Gasteiger partial charge in [0.15, 0.2) is 0 Å². The number of benzene rings is 2. The van der Waals surface area contributed by atoms with E-state index in [9.17, 15) is 9.59 Å². The van der Waals surface area contributed by atoms with Crippen LogP contribution in [0.3, 0.4) is 0 Å². The number of carbonyl (C=O) groups excluding carboxylic acids is 2. The molecular formula is C17H16ClNO3. The highest BCUT2D eigenvalue weighted by atomic mass is 35.5. The summed E-state index contributed by atoms with van der Waals surface area (Å²) in [6, 6.07) is 14.2. The maximum absolute atomic E-state index is 11.8. The summed E-state index contributed by atoms with van der Waals surface area (Å²) >= 11 is 5.84. The normalized spacial score (nSPS) is 10.1. The van der Waals surface area contributed by atoms with Crippen LogP contribution in [0.4, 0.5) is 0 Å². The Hall–Kier alpha value is -2.33. The molecule has 114 valence electrons. The maximum Gasteiger partial charge on any atom is 0.325 e. The molecule has 0 aromatic heterocycles. The first-order chi connectivity index (χ1) is 10.5. The predicted molar refractivity (Wildman–Crippen MR) is 84.8 cm³/mol. The zero-order chi connectivity index (χ0) is 15.9. The van der Waals surface area contributed by atoms with Gasteiger partial charge in [0.2, 0.25) is 0 Å². The van der Waals surface area contributed by atoms with Crippen LogP contribution in [-0.4, -0.2) is 18.4 Å². The first kappa shape index (κ1) is 16.0. The Labute approximate surface area is 134 Å². The van der Waals surface area contributed by atoms with Crippen LogP contribution in [0.5, 0.6) is 0 Å². The molecule has 4 nitrogen and oxygen atoms in total. The van der Waals surface area contributed by atoms with Crippen LogP contribution in [0.25, 0.3) is 0 Å². The third-order valence-electron chi connectivity index (χ3n) is 3.00. The molecule has 0 unspecified atom stereocenters. The first-order valence-corrected chi connectivity index (χ1v) is 7.17. The van der Waals surface area contributed by atoms with Gasteiger partial charge in [-0.3, -0.25) is 9.59 Å². The second-order valence-corrected chi connectivity index (χ2v) is 5.28. The molecule has 22 heavy (non-hydrogen) atoms. The number of aryl methyl sites for hydroxylation is 1. The van der Waals surface area contributed by atoms with E-state index in [0.29, 0.717) is 10.6 Å². The van der Waals surface area contributed by atoms with Gasteiger partial charge in [-0.2, -0.15) is 0 Å². The van der Waals surface area contributed by atoms with E-state index in [2.05, 4.69) is 5.32 Å². The van der Waals surface area contributed by atoms with Gasteiger partial charge in [0, 0.05) is 10.6 Å². The lowest BCUT2D eigenvalue weighted by atomic mass is 10.1. The van der Waals surface area contributed by atoms with Crippen molar-refractivity contribution < 1.29 is 14.3 Å². The second kappa shape index (κ2) is 7.61. The van der Waals surface area contributed by atoms with Crippen molar-refractivity contribution in [3.63, 3.8) is 0 Å². The predicted octanol–water partition coefficient (Wildman–Crippen LogP) is 3.12. The summed E-state index contributed by atoms with van der Waals surface area (Å²) in [7, 11) is 0. The van der Waals surface area contributed by atoms with Gasteiger partial charge in [-0.25, -0.2) is 0 Å². The largest absolute Gasteiger partial charge is 0.460 e. The molecule has 0 aliphatic carbocycles. The smallest absolute Gasteiger partial charge is 0.325 e. The topological polar surface area (TPSA) is 55.4 Å². The van der Waals surface area contributed by atoms with Crippen LogP contribution in [0.15, 0.2) is 48.5 Å². The van der Waals surface area contributed by atoms with Crippen LogP contribution < -0.4 is 5.32 Å². The number of amides is 1. The molecule has 0 fully saturated rings. The SMILES string of the molecule is Cc1ccc(C(=O)NCC(=O)OCc2cccc(Cl)c2)cc1.